The SMILES string of the molecule is N=C(N)C1=CC=COC1C(=N)N. The molecule has 0 amide bonds. The van der Waals surface area contributed by atoms with Crippen LogP contribution in [0, 0.1) is 10.8 Å². The molecule has 5 nitrogen and oxygen atoms in total. The van der Waals surface area contributed by atoms with Gasteiger partial charge in [-0.2, -0.15) is 0 Å². The Labute approximate surface area is 69.7 Å². The van der Waals surface area contributed by atoms with E-state index in [1.165, 1.54) is 6.26 Å². The monoisotopic (exact) mass is 166 g/mol. The fourth-order valence-corrected chi connectivity index (χ4v) is 0.899. The molecular weight excluding hydrogens is 156 g/mol. The second-order valence-corrected chi connectivity index (χ2v) is 2.34. The molecule has 64 valence electrons. The molecule has 12 heavy (non-hydrogen) atoms. The number of amidine groups is 2. The van der Waals surface area contributed by atoms with Crippen molar-refractivity contribution >= 4 is 11.7 Å². The van der Waals surface area contributed by atoms with Gasteiger partial charge in [-0.15, -0.1) is 0 Å². The standard InChI is InChI=1S/C7H10N4O/c8-6(9)4-2-1-3-12-5(4)7(10)11/h1-3,5H,(H3,8,9)(H3,10,11). The first-order valence-corrected chi connectivity index (χ1v) is 3.33. The van der Waals surface area contributed by atoms with Gasteiger partial charge >= 0.3 is 0 Å². The number of nitrogens with one attached hydrogen (secondary N) is 2. The molecule has 6 N–H and O–H groups in total. The predicted octanol–water partition coefficient (Wildman–Crippen LogP) is -0.303. The van der Waals surface area contributed by atoms with Crippen molar-refractivity contribution in [1.29, 1.82) is 10.8 Å². The average Bonchev–Trinajstić information content (AvgIpc) is 2.04. The largest absolute Gasteiger partial charge is 0.485 e. The van der Waals surface area contributed by atoms with Crippen molar-refractivity contribution < 1.29 is 4.74 Å². The van der Waals surface area contributed by atoms with E-state index in [1.54, 1.807) is 12.2 Å². The maximum atomic E-state index is 7.16. The van der Waals surface area contributed by atoms with Crippen molar-refractivity contribution in [3.05, 3.63) is 24.0 Å². The maximum absolute atomic E-state index is 7.16. The van der Waals surface area contributed by atoms with Gasteiger partial charge in [0.25, 0.3) is 0 Å². The maximum Gasteiger partial charge on any atom is 0.182 e. The fraction of sp³-hybridized carbons (Fsp3) is 0.143. The molecule has 0 aromatic carbocycles. The van der Waals surface area contributed by atoms with Crippen molar-refractivity contribution in [2.45, 2.75) is 6.10 Å². The molecule has 1 atom stereocenters. The average molecular weight is 166 g/mol. The molecule has 0 saturated heterocycles. The van der Waals surface area contributed by atoms with E-state index >= 15 is 0 Å². The summed E-state index contributed by atoms with van der Waals surface area (Å²) in [6, 6.07) is 0. The first-order chi connectivity index (χ1) is 5.63. The normalized spacial score (nSPS) is 21.0. The van der Waals surface area contributed by atoms with Crippen LogP contribution in [-0.4, -0.2) is 17.8 Å². The molecule has 0 aliphatic carbocycles. The third-order valence-corrected chi connectivity index (χ3v) is 1.44. The van der Waals surface area contributed by atoms with Gasteiger partial charge < -0.3 is 16.2 Å². The summed E-state index contributed by atoms with van der Waals surface area (Å²) in [6.07, 6.45) is 3.93. The van der Waals surface area contributed by atoms with Crippen LogP contribution in [0.15, 0.2) is 24.0 Å². The van der Waals surface area contributed by atoms with E-state index in [-0.39, 0.29) is 11.7 Å². The number of allylic oxidation sites excluding steroid dienone is 2. The van der Waals surface area contributed by atoms with Crippen molar-refractivity contribution in [1.82, 2.24) is 0 Å². The van der Waals surface area contributed by atoms with Crippen LogP contribution in [0.5, 0.6) is 0 Å². The van der Waals surface area contributed by atoms with Crippen molar-refractivity contribution in [2.75, 3.05) is 0 Å². The Kier molecular flexibility index (Phi) is 2.14. The lowest BCUT2D eigenvalue weighted by atomic mass is 10.1. The summed E-state index contributed by atoms with van der Waals surface area (Å²) in [5.74, 6) is -0.277. The Morgan fingerprint density at radius 2 is 2.08 bits per heavy atom. The van der Waals surface area contributed by atoms with Crippen LogP contribution in [0.3, 0.4) is 0 Å². The topological polar surface area (TPSA) is 109 Å². The summed E-state index contributed by atoms with van der Waals surface area (Å²) >= 11 is 0. The number of rotatable bonds is 2. The van der Waals surface area contributed by atoms with Gasteiger partial charge in [-0.05, 0) is 12.2 Å². The van der Waals surface area contributed by atoms with E-state index < -0.39 is 6.10 Å². The van der Waals surface area contributed by atoms with E-state index in [1.807, 2.05) is 0 Å². The van der Waals surface area contributed by atoms with E-state index in [2.05, 4.69) is 0 Å². The molecule has 0 bridgehead atoms. The van der Waals surface area contributed by atoms with Crippen LogP contribution in [0.25, 0.3) is 0 Å². The Balaban J connectivity index is 2.91. The molecule has 0 radical (unpaired) electrons. The number of hydrogen-bond acceptors (Lipinski definition) is 3. The predicted molar refractivity (Wildman–Crippen MR) is 45.9 cm³/mol. The molecule has 1 rings (SSSR count). The van der Waals surface area contributed by atoms with Gasteiger partial charge in [-0.3, -0.25) is 10.8 Å². The van der Waals surface area contributed by atoms with E-state index in [4.69, 9.17) is 27.0 Å². The van der Waals surface area contributed by atoms with E-state index in [9.17, 15) is 0 Å². The number of nitrogens with two attached hydrogens (primary N) is 2. The zero-order chi connectivity index (χ0) is 9.14. The number of ether oxygens (including phenoxy) is 1. The molecule has 0 saturated carbocycles. The molecule has 0 aromatic heterocycles. The van der Waals surface area contributed by atoms with Gasteiger partial charge in [0, 0.05) is 5.57 Å². The highest BCUT2D eigenvalue weighted by Gasteiger charge is 2.21. The Bertz CT molecular complexity index is 279. The first kappa shape index (κ1) is 8.32. The van der Waals surface area contributed by atoms with E-state index in [0.717, 1.165) is 0 Å². The zero-order valence-corrected chi connectivity index (χ0v) is 6.37. The van der Waals surface area contributed by atoms with Gasteiger partial charge in [0.15, 0.2) is 6.10 Å². The Morgan fingerprint density at radius 3 is 2.50 bits per heavy atom. The minimum Gasteiger partial charge on any atom is -0.485 e. The molecule has 1 heterocycles. The smallest absolute Gasteiger partial charge is 0.182 e. The first-order valence-electron chi connectivity index (χ1n) is 3.33. The lowest BCUT2D eigenvalue weighted by Gasteiger charge is -2.19. The van der Waals surface area contributed by atoms with Gasteiger partial charge in [0.2, 0.25) is 0 Å². The van der Waals surface area contributed by atoms with Crippen LogP contribution < -0.4 is 11.5 Å². The summed E-state index contributed by atoms with van der Waals surface area (Å²) in [7, 11) is 0. The minimum atomic E-state index is -0.701. The highest BCUT2D eigenvalue weighted by Crippen LogP contribution is 2.11. The quantitative estimate of drug-likeness (QED) is 0.334. The zero-order valence-electron chi connectivity index (χ0n) is 6.37. The van der Waals surface area contributed by atoms with E-state index in [0.29, 0.717) is 5.57 Å². The molecule has 5 heteroatoms. The highest BCUT2D eigenvalue weighted by molar-refractivity contribution is 6.03. The third kappa shape index (κ3) is 1.45. The van der Waals surface area contributed by atoms with Crippen LogP contribution >= 0.6 is 0 Å². The Hall–Kier alpha value is -1.78. The number of hydrogen-bond donors (Lipinski definition) is 4. The van der Waals surface area contributed by atoms with Crippen LogP contribution in [0.1, 0.15) is 0 Å². The molecule has 1 aliphatic rings. The molecule has 0 spiro atoms. The summed E-state index contributed by atoms with van der Waals surface area (Å²) in [6.45, 7) is 0. The summed E-state index contributed by atoms with van der Waals surface area (Å²) in [5, 5.41) is 14.3. The van der Waals surface area contributed by atoms with Gasteiger partial charge in [-0.1, -0.05) is 0 Å². The lowest BCUT2D eigenvalue weighted by Crippen LogP contribution is -2.36. The van der Waals surface area contributed by atoms with Crippen LogP contribution in [0.4, 0.5) is 0 Å². The van der Waals surface area contributed by atoms with Gasteiger partial charge in [-0.25, -0.2) is 0 Å². The molecule has 1 aliphatic heterocycles. The lowest BCUT2D eigenvalue weighted by molar-refractivity contribution is 0.231. The van der Waals surface area contributed by atoms with Crippen molar-refractivity contribution in [2.24, 2.45) is 11.5 Å². The third-order valence-electron chi connectivity index (χ3n) is 1.44. The Morgan fingerprint density at radius 1 is 1.42 bits per heavy atom. The minimum absolute atomic E-state index is 0.125. The molecular formula is C7H10N4O. The molecule has 1 unspecified atom stereocenters. The molecule has 0 fully saturated rings. The fourth-order valence-electron chi connectivity index (χ4n) is 0.899. The van der Waals surface area contributed by atoms with Gasteiger partial charge in [0.1, 0.15) is 11.7 Å². The van der Waals surface area contributed by atoms with Crippen molar-refractivity contribution in [3.8, 4) is 0 Å². The van der Waals surface area contributed by atoms with Crippen LogP contribution in [-0.2, 0) is 4.74 Å². The summed E-state index contributed by atoms with van der Waals surface area (Å²) in [5.41, 5.74) is 10.9. The summed E-state index contributed by atoms with van der Waals surface area (Å²) in [4.78, 5) is 0. The van der Waals surface area contributed by atoms with Crippen LogP contribution in [0.2, 0.25) is 0 Å². The van der Waals surface area contributed by atoms with Gasteiger partial charge in [0.05, 0.1) is 6.26 Å². The van der Waals surface area contributed by atoms with Crippen molar-refractivity contribution in [3.63, 3.8) is 0 Å². The highest BCUT2D eigenvalue weighted by atomic mass is 16.5. The second kappa shape index (κ2) is 3.08. The summed E-state index contributed by atoms with van der Waals surface area (Å²) < 4.78 is 4.99. The molecule has 0 aromatic rings. The second-order valence-electron chi connectivity index (χ2n) is 2.34.